The predicted octanol–water partition coefficient (Wildman–Crippen LogP) is 2.76. The van der Waals surface area contributed by atoms with Gasteiger partial charge in [-0.25, -0.2) is 0 Å². The second kappa shape index (κ2) is 4.59. The van der Waals surface area contributed by atoms with Crippen LogP contribution in [0.2, 0.25) is 0 Å². The van der Waals surface area contributed by atoms with Crippen LogP contribution in [0.15, 0.2) is 12.1 Å². The van der Waals surface area contributed by atoms with E-state index in [1.165, 1.54) is 6.07 Å². The molecule has 0 amide bonds. The van der Waals surface area contributed by atoms with Gasteiger partial charge in [-0.15, -0.1) is 0 Å². The molecule has 1 aliphatic rings. The van der Waals surface area contributed by atoms with Crippen molar-refractivity contribution in [2.45, 2.75) is 32.0 Å². The van der Waals surface area contributed by atoms with Gasteiger partial charge < -0.3 is 15.2 Å². The highest BCUT2D eigenvalue weighted by atomic mass is 19.4. The van der Waals surface area contributed by atoms with Gasteiger partial charge in [0.15, 0.2) is 11.5 Å². The standard InChI is InChI=1S/C13H16F3NO2/c1-12(2,17)7-8-5-10-11(19-4-3-18-10)6-9(8)13(14,15)16/h5-6H,3-4,7,17H2,1-2H3. The summed E-state index contributed by atoms with van der Waals surface area (Å²) in [6, 6.07) is 2.38. The number of rotatable bonds is 2. The van der Waals surface area contributed by atoms with Gasteiger partial charge in [0.1, 0.15) is 13.2 Å². The number of hydrogen-bond donors (Lipinski definition) is 1. The van der Waals surface area contributed by atoms with Crippen LogP contribution in [-0.4, -0.2) is 18.8 Å². The monoisotopic (exact) mass is 275 g/mol. The van der Waals surface area contributed by atoms with Gasteiger partial charge in [-0.3, -0.25) is 0 Å². The fourth-order valence-corrected chi connectivity index (χ4v) is 2.03. The highest BCUT2D eigenvalue weighted by Crippen LogP contribution is 2.41. The average Bonchev–Trinajstić information content (AvgIpc) is 2.24. The highest BCUT2D eigenvalue weighted by Gasteiger charge is 2.36. The van der Waals surface area contributed by atoms with Crippen LogP contribution in [0.1, 0.15) is 25.0 Å². The Hall–Kier alpha value is -1.43. The minimum atomic E-state index is -4.43. The lowest BCUT2D eigenvalue weighted by Gasteiger charge is -2.25. The number of hydrogen-bond acceptors (Lipinski definition) is 3. The topological polar surface area (TPSA) is 44.5 Å². The molecule has 0 saturated carbocycles. The SMILES string of the molecule is CC(C)(N)Cc1cc2c(cc1C(F)(F)F)OCCO2. The first-order valence-corrected chi connectivity index (χ1v) is 5.95. The van der Waals surface area contributed by atoms with Gasteiger partial charge in [0.2, 0.25) is 0 Å². The van der Waals surface area contributed by atoms with Gasteiger partial charge in [0.05, 0.1) is 5.56 Å². The van der Waals surface area contributed by atoms with E-state index in [4.69, 9.17) is 15.2 Å². The number of ether oxygens (including phenoxy) is 2. The first-order valence-electron chi connectivity index (χ1n) is 5.95. The number of halogens is 3. The largest absolute Gasteiger partial charge is 0.486 e. The van der Waals surface area contributed by atoms with Crippen molar-refractivity contribution in [1.29, 1.82) is 0 Å². The molecular weight excluding hydrogens is 259 g/mol. The van der Waals surface area contributed by atoms with Crippen molar-refractivity contribution in [2.75, 3.05) is 13.2 Å². The van der Waals surface area contributed by atoms with Gasteiger partial charge in [-0.05, 0) is 38.0 Å². The van der Waals surface area contributed by atoms with Crippen molar-refractivity contribution in [1.82, 2.24) is 0 Å². The molecule has 1 aromatic carbocycles. The highest BCUT2D eigenvalue weighted by molar-refractivity contribution is 5.49. The maximum Gasteiger partial charge on any atom is 0.416 e. The van der Waals surface area contributed by atoms with E-state index in [1.807, 2.05) is 0 Å². The first kappa shape index (κ1) is 14.0. The maximum absolute atomic E-state index is 13.1. The van der Waals surface area contributed by atoms with E-state index >= 15 is 0 Å². The molecule has 0 spiro atoms. The Morgan fingerprint density at radius 1 is 1.11 bits per heavy atom. The normalized spacial score (nSPS) is 15.5. The quantitative estimate of drug-likeness (QED) is 0.902. The number of fused-ring (bicyclic) bond motifs is 1. The maximum atomic E-state index is 13.1. The summed E-state index contributed by atoms with van der Waals surface area (Å²) in [5, 5.41) is 0. The Morgan fingerprint density at radius 2 is 1.63 bits per heavy atom. The van der Waals surface area contributed by atoms with Crippen LogP contribution in [0.25, 0.3) is 0 Å². The lowest BCUT2D eigenvalue weighted by molar-refractivity contribution is -0.138. The molecule has 0 atom stereocenters. The zero-order valence-electron chi connectivity index (χ0n) is 10.8. The van der Waals surface area contributed by atoms with Crippen molar-refractivity contribution >= 4 is 0 Å². The molecule has 1 aromatic rings. The second-order valence-electron chi connectivity index (χ2n) is 5.32. The zero-order valence-corrected chi connectivity index (χ0v) is 10.8. The van der Waals surface area contributed by atoms with Crippen molar-refractivity contribution < 1.29 is 22.6 Å². The molecule has 106 valence electrons. The molecule has 19 heavy (non-hydrogen) atoms. The Bertz CT molecular complexity index is 478. The molecule has 0 aliphatic carbocycles. The van der Waals surface area contributed by atoms with Crippen LogP contribution in [0.3, 0.4) is 0 Å². The molecule has 1 aliphatic heterocycles. The summed E-state index contributed by atoms with van der Waals surface area (Å²) in [6.07, 6.45) is -4.32. The van der Waals surface area contributed by atoms with Gasteiger partial charge in [0.25, 0.3) is 0 Å². The minimum absolute atomic E-state index is 0.110. The summed E-state index contributed by atoms with van der Waals surface area (Å²) in [5.41, 5.74) is 4.50. The van der Waals surface area contributed by atoms with Crippen LogP contribution >= 0.6 is 0 Å². The van der Waals surface area contributed by atoms with Crippen LogP contribution in [0.5, 0.6) is 11.5 Å². The van der Waals surface area contributed by atoms with E-state index in [1.54, 1.807) is 13.8 Å². The van der Waals surface area contributed by atoms with Crippen LogP contribution in [0.4, 0.5) is 13.2 Å². The van der Waals surface area contributed by atoms with E-state index in [-0.39, 0.29) is 24.3 Å². The molecule has 0 bridgehead atoms. The van der Waals surface area contributed by atoms with Crippen LogP contribution in [-0.2, 0) is 12.6 Å². The molecule has 0 fully saturated rings. The van der Waals surface area contributed by atoms with Crippen molar-refractivity contribution in [3.05, 3.63) is 23.3 Å². The summed E-state index contributed by atoms with van der Waals surface area (Å²) in [5.74, 6) is 0.482. The summed E-state index contributed by atoms with van der Waals surface area (Å²) in [7, 11) is 0. The van der Waals surface area contributed by atoms with Crippen molar-refractivity contribution in [3.63, 3.8) is 0 Å². The molecule has 2 rings (SSSR count). The molecule has 0 saturated heterocycles. The summed E-state index contributed by atoms with van der Waals surface area (Å²) in [4.78, 5) is 0. The van der Waals surface area contributed by atoms with Gasteiger partial charge in [0, 0.05) is 5.54 Å². The lowest BCUT2D eigenvalue weighted by atomic mass is 9.92. The van der Waals surface area contributed by atoms with E-state index in [0.717, 1.165) is 6.07 Å². The molecule has 0 aromatic heterocycles. The third-order valence-corrected chi connectivity index (χ3v) is 2.72. The molecular formula is C13H16F3NO2. The molecule has 2 N–H and O–H groups in total. The third kappa shape index (κ3) is 3.32. The van der Waals surface area contributed by atoms with Gasteiger partial charge in [-0.2, -0.15) is 13.2 Å². The third-order valence-electron chi connectivity index (χ3n) is 2.72. The van der Waals surface area contributed by atoms with E-state index in [2.05, 4.69) is 0 Å². The number of alkyl halides is 3. The Labute approximate surface area is 109 Å². The average molecular weight is 275 g/mol. The van der Waals surface area contributed by atoms with E-state index in [9.17, 15) is 13.2 Å². The predicted molar refractivity (Wildman–Crippen MR) is 64.4 cm³/mol. The summed E-state index contributed by atoms with van der Waals surface area (Å²) in [6.45, 7) is 3.96. The van der Waals surface area contributed by atoms with Crippen LogP contribution in [0, 0.1) is 0 Å². The van der Waals surface area contributed by atoms with E-state index < -0.39 is 17.3 Å². The molecule has 3 nitrogen and oxygen atoms in total. The number of benzene rings is 1. The van der Waals surface area contributed by atoms with E-state index in [0.29, 0.717) is 12.4 Å². The Balaban J connectivity index is 2.49. The van der Waals surface area contributed by atoms with Crippen molar-refractivity contribution in [3.8, 4) is 11.5 Å². The molecule has 0 radical (unpaired) electrons. The fraction of sp³-hybridized carbons (Fsp3) is 0.538. The van der Waals surface area contributed by atoms with Gasteiger partial charge >= 0.3 is 6.18 Å². The smallest absolute Gasteiger partial charge is 0.416 e. The summed E-state index contributed by atoms with van der Waals surface area (Å²) < 4.78 is 49.7. The Morgan fingerprint density at radius 3 is 2.11 bits per heavy atom. The molecule has 1 heterocycles. The Kier molecular flexibility index (Phi) is 3.38. The number of nitrogens with two attached hydrogens (primary N) is 1. The second-order valence-corrected chi connectivity index (χ2v) is 5.32. The molecule has 6 heteroatoms. The van der Waals surface area contributed by atoms with Crippen molar-refractivity contribution in [2.24, 2.45) is 5.73 Å². The summed E-state index contributed by atoms with van der Waals surface area (Å²) >= 11 is 0. The molecule has 0 unspecified atom stereocenters. The van der Waals surface area contributed by atoms with Gasteiger partial charge in [-0.1, -0.05) is 0 Å². The lowest BCUT2D eigenvalue weighted by Crippen LogP contribution is -2.35. The fourth-order valence-electron chi connectivity index (χ4n) is 2.03. The minimum Gasteiger partial charge on any atom is -0.486 e. The first-order chi connectivity index (χ1) is 8.67. The van der Waals surface area contributed by atoms with Crippen LogP contribution < -0.4 is 15.2 Å². The zero-order chi connectivity index (χ0) is 14.3.